The van der Waals surface area contributed by atoms with E-state index in [1.165, 1.54) is 6.20 Å². The number of carbonyl (C=O) groups excluding carboxylic acids is 1. The molecule has 1 fully saturated rings. The lowest BCUT2D eigenvalue weighted by Gasteiger charge is -2.01. The quantitative estimate of drug-likeness (QED) is 0.748. The lowest BCUT2D eigenvalue weighted by atomic mass is 10.1. The van der Waals surface area contributed by atoms with Gasteiger partial charge in [-0.05, 0) is 12.8 Å². The standard InChI is InChI=1S/C16H13N3O3/c20-16(21-12-8-9-17-19-12)13-14(10-4-2-1-3-5-10)22-15(18-13)11-6-7-11/h1-5,8-9,11H,6-7H2,(H,17,19). The van der Waals surface area contributed by atoms with Crippen LogP contribution in [-0.2, 0) is 0 Å². The Hall–Kier alpha value is -2.89. The predicted molar refractivity (Wildman–Crippen MR) is 77.5 cm³/mol. The summed E-state index contributed by atoms with van der Waals surface area (Å²) in [4.78, 5) is 16.7. The highest BCUT2D eigenvalue weighted by molar-refractivity contribution is 5.94. The lowest BCUT2D eigenvalue weighted by Crippen LogP contribution is -2.10. The highest BCUT2D eigenvalue weighted by Crippen LogP contribution is 2.41. The zero-order valence-corrected chi connectivity index (χ0v) is 11.7. The van der Waals surface area contributed by atoms with E-state index in [1.54, 1.807) is 6.07 Å². The third kappa shape index (κ3) is 2.39. The number of hydrogen-bond acceptors (Lipinski definition) is 5. The number of nitrogens with zero attached hydrogens (tertiary/aromatic N) is 2. The van der Waals surface area contributed by atoms with Crippen LogP contribution >= 0.6 is 0 Å². The summed E-state index contributed by atoms with van der Waals surface area (Å²) in [5.74, 6) is 1.09. The summed E-state index contributed by atoms with van der Waals surface area (Å²) in [5.41, 5.74) is 1.00. The van der Waals surface area contributed by atoms with Crippen LogP contribution in [0.3, 0.4) is 0 Å². The second-order valence-electron chi connectivity index (χ2n) is 5.18. The maximum absolute atomic E-state index is 12.4. The molecule has 0 unspecified atom stereocenters. The minimum absolute atomic E-state index is 0.197. The highest BCUT2D eigenvalue weighted by atomic mass is 16.5. The van der Waals surface area contributed by atoms with Crippen molar-refractivity contribution in [3.05, 3.63) is 54.2 Å². The Kier molecular flexibility index (Phi) is 3.00. The number of aromatic nitrogens is 3. The van der Waals surface area contributed by atoms with Crippen LogP contribution in [0.5, 0.6) is 5.88 Å². The van der Waals surface area contributed by atoms with Gasteiger partial charge in [0.15, 0.2) is 17.3 Å². The number of H-pyrrole nitrogens is 1. The zero-order chi connectivity index (χ0) is 14.9. The van der Waals surface area contributed by atoms with Gasteiger partial charge in [-0.15, -0.1) is 0 Å². The van der Waals surface area contributed by atoms with E-state index in [4.69, 9.17) is 9.15 Å². The summed E-state index contributed by atoms with van der Waals surface area (Å²) in [7, 11) is 0. The molecule has 6 nitrogen and oxygen atoms in total. The van der Waals surface area contributed by atoms with Crippen molar-refractivity contribution in [1.82, 2.24) is 15.2 Å². The van der Waals surface area contributed by atoms with Crippen LogP contribution in [0.15, 0.2) is 47.0 Å². The van der Waals surface area contributed by atoms with E-state index in [0.717, 1.165) is 18.4 Å². The minimum atomic E-state index is -0.557. The van der Waals surface area contributed by atoms with Crippen molar-refractivity contribution in [1.29, 1.82) is 0 Å². The lowest BCUT2D eigenvalue weighted by molar-refractivity contribution is 0.0722. The maximum atomic E-state index is 12.4. The SMILES string of the molecule is O=C(Oc1ccn[nH]1)c1nc(C2CC2)oc1-c1ccccc1. The van der Waals surface area contributed by atoms with E-state index in [9.17, 15) is 4.79 Å². The molecule has 1 aromatic carbocycles. The summed E-state index contributed by atoms with van der Waals surface area (Å²) in [5, 5.41) is 6.33. The Morgan fingerprint density at radius 2 is 2.05 bits per heavy atom. The number of carbonyl (C=O) groups is 1. The van der Waals surface area contributed by atoms with Crippen LogP contribution in [0.2, 0.25) is 0 Å². The molecule has 1 aliphatic rings. The fourth-order valence-electron chi connectivity index (χ4n) is 2.21. The number of esters is 1. The van der Waals surface area contributed by atoms with E-state index in [1.807, 2.05) is 30.3 Å². The van der Waals surface area contributed by atoms with Gasteiger partial charge in [-0.1, -0.05) is 30.3 Å². The monoisotopic (exact) mass is 295 g/mol. The van der Waals surface area contributed by atoms with Gasteiger partial charge < -0.3 is 9.15 Å². The molecule has 1 saturated carbocycles. The van der Waals surface area contributed by atoms with Crippen molar-refractivity contribution >= 4 is 5.97 Å². The van der Waals surface area contributed by atoms with Crippen molar-refractivity contribution < 1.29 is 13.9 Å². The first-order chi connectivity index (χ1) is 10.8. The molecule has 0 bridgehead atoms. The van der Waals surface area contributed by atoms with Crippen LogP contribution in [0, 0.1) is 0 Å². The summed E-state index contributed by atoms with van der Waals surface area (Å²) < 4.78 is 11.1. The Bertz CT molecular complexity index is 789. The van der Waals surface area contributed by atoms with Gasteiger partial charge in [0.1, 0.15) is 0 Å². The van der Waals surface area contributed by atoms with E-state index in [0.29, 0.717) is 17.6 Å². The van der Waals surface area contributed by atoms with Crippen molar-refractivity contribution in [2.45, 2.75) is 18.8 Å². The van der Waals surface area contributed by atoms with Gasteiger partial charge in [0.05, 0.1) is 6.20 Å². The van der Waals surface area contributed by atoms with Gasteiger partial charge in [0, 0.05) is 17.5 Å². The van der Waals surface area contributed by atoms with Crippen LogP contribution in [0.25, 0.3) is 11.3 Å². The molecule has 2 heterocycles. The number of hydrogen-bond donors (Lipinski definition) is 1. The van der Waals surface area contributed by atoms with Crippen molar-refractivity contribution in [3.63, 3.8) is 0 Å². The molecule has 0 saturated heterocycles. The average Bonchev–Trinajstić information content (AvgIpc) is 3.10. The number of ether oxygens (including phenoxy) is 1. The van der Waals surface area contributed by atoms with Crippen molar-refractivity contribution in [2.24, 2.45) is 0 Å². The molecule has 0 amide bonds. The summed E-state index contributed by atoms with van der Waals surface area (Å²) in [6.07, 6.45) is 3.60. The number of rotatable bonds is 4. The Labute approximate surface area is 126 Å². The number of aromatic amines is 1. The maximum Gasteiger partial charge on any atom is 0.367 e. The minimum Gasteiger partial charge on any atom is -0.439 e. The van der Waals surface area contributed by atoms with Crippen molar-refractivity contribution in [3.8, 4) is 17.2 Å². The van der Waals surface area contributed by atoms with E-state index in [2.05, 4.69) is 15.2 Å². The van der Waals surface area contributed by atoms with Crippen molar-refractivity contribution in [2.75, 3.05) is 0 Å². The molecule has 0 aliphatic heterocycles. The van der Waals surface area contributed by atoms with E-state index < -0.39 is 5.97 Å². The molecular formula is C16H13N3O3. The molecule has 1 N–H and O–H groups in total. The second-order valence-corrected chi connectivity index (χ2v) is 5.18. The van der Waals surface area contributed by atoms with Gasteiger partial charge in [-0.25, -0.2) is 14.9 Å². The molecule has 4 rings (SSSR count). The van der Waals surface area contributed by atoms with Crippen LogP contribution in [0.4, 0.5) is 0 Å². The fraction of sp³-hybridized carbons (Fsp3) is 0.188. The topological polar surface area (TPSA) is 81.0 Å². The molecular weight excluding hydrogens is 282 g/mol. The fourth-order valence-corrected chi connectivity index (χ4v) is 2.21. The largest absolute Gasteiger partial charge is 0.439 e. The molecule has 3 aromatic rings. The molecule has 110 valence electrons. The third-order valence-corrected chi connectivity index (χ3v) is 3.48. The molecule has 0 spiro atoms. The Morgan fingerprint density at radius 3 is 2.73 bits per heavy atom. The normalized spacial score (nSPS) is 14.0. The van der Waals surface area contributed by atoms with Gasteiger partial charge in [-0.3, -0.25) is 0 Å². The first-order valence-electron chi connectivity index (χ1n) is 7.09. The average molecular weight is 295 g/mol. The van der Waals surface area contributed by atoms with Crippen LogP contribution < -0.4 is 4.74 Å². The summed E-state index contributed by atoms with van der Waals surface area (Å²) in [6.45, 7) is 0. The molecule has 1 aliphatic carbocycles. The predicted octanol–water partition coefficient (Wildman–Crippen LogP) is 3.16. The summed E-state index contributed by atoms with van der Waals surface area (Å²) >= 11 is 0. The van der Waals surface area contributed by atoms with Gasteiger partial charge in [-0.2, -0.15) is 5.10 Å². The summed E-state index contributed by atoms with van der Waals surface area (Å²) in [6, 6.07) is 11.0. The van der Waals surface area contributed by atoms with E-state index in [-0.39, 0.29) is 11.6 Å². The van der Waals surface area contributed by atoms with Gasteiger partial charge in [0.2, 0.25) is 5.88 Å². The smallest absolute Gasteiger partial charge is 0.367 e. The van der Waals surface area contributed by atoms with Gasteiger partial charge >= 0.3 is 5.97 Å². The number of nitrogens with one attached hydrogen (secondary N) is 1. The first-order valence-corrected chi connectivity index (χ1v) is 7.09. The van der Waals surface area contributed by atoms with Gasteiger partial charge in [0.25, 0.3) is 0 Å². The molecule has 22 heavy (non-hydrogen) atoms. The number of oxazole rings is 1. The molecule has 2 aromatic heterocycles. The Morgan fingerprint density at radius 1 is 1.23 bits per heavy atom. The zero-order valence-electron chi connectivity index (χ0n) is 11.7. The highest BCUT2D eigenvalue weighted by Gasteiger charge is 2.32. The third-order valence-electron chi connectivity index (χ3n) is 3.48. The molecule has 0 radical (unpaired) electrons. The first kappa shape index (κ1) is 12.8. The Balaban J connectivity index is 1.72. The number of benzene rings is 1. The molecule has 0 atom stereocenters. The molecule has 6 heteroatoms. The van der Waals surface area contributed by atoms with E-state index >= 15 is 0 Å². The second kappa shape index (κ2) is 5.14. The van der Waals surface area contributed by atoms with Crippen LogP contribution in [0.1, 0.15) is 35.1 Å². The van der Waals surface area contributed by atoms with Crippen LogP contribution in [-0.4, -0.2) is 21.2 Å².